The summed E-state index contributed by atoms with van der Waals surface area (Å²) in [7, 11) is 3.06. The van der Waals surface area contributed by atoms with Gasteiger partial charge in [-0.25, -0.2) is 14.8 Å². The van der Waals surface area contributed by atoms with E-state index in [2.05, 4.69) is 15.3 Å². The predicted octanol–water partition coefficient (Wildman–Crippen LogP) is 4.79. The summed E-state index contributed by atoms with van der Waals surface area (Å²) in [5, 5.41) is 13.9. The number of nitrogens with zero attached hydrogens (tertiary/aromatic N) is 3. The maximum absolute atomic E-state index is 11.1. The minimum Gasteiger partial charge on any atom is -0.495 e. The lowest BCUT2D eigenvalue weighted by molar-refractivity contribution is 0.155. The van der Waals surface area contributed by atoms with Crippen LogP contribution in [0.1, 0.15) is 6.42 Å². The summed E-state index contributed by atoms with van der Waals surface area (Å²) in [5.41, 5.74) is 2.11. The molecule has 1 atom stereocenters. The minimum absolute atomic E-state index is 0.0188. The molecule has 8 nitrogen and oxygen atoms in total. The summed E-state index contributed by atoms with van der Waals surface area (Å²) in [4.78, 5) is 21.4. The number of hydrogen-bond donors (Lipinski definition) is 2. The second-order valence-electron chi connectivity index (χ2n) is 7.11. The van der Waals surface area contributed by atoms with E-state index in [4.69, 9.17) is 37.8 Å². The van der Waals surface area contributed by atoms with Gasteiger partial charge in [0.15, 0.2) is 0 Å². The second kappa shape index (κ2) is 8.64. The Morgan fingerprint density at radius 3 is 2.52 bits per heavy atom. The summed E-state index contributed by atoms with van der Waals surface area (Å²) < 4.78 is 10.7. The largest absolute Gasteiger partial charge is 0.495 e. The highest BCUT2D eigenvalue weighted by Crippen LogP contribution is 2.46. The third-order valence-corrected chi connectivity index (χ3v) is 5.98. The van der Waals surface area contributed by atoms with E-state index < -0.39 is 6.09 Å². The molecule has 1 aliphatic rings. The smallest absolute Gasteiger partial charge is 0.407 e. The van der Waals surface area contributed by atoms with E-state index in [1.54, 1.807) is 12.3 Å². The molecule has 31 heavy (non-hydrogen) atoms. The average molecular weight is 463 g/mol. The quantitative estimate of drug-likeness (QED) is 0.562. The normalized spacial score (nSPS) is 15.9. The van der Waals surface area contributed by atoms with Gasteiger partial charge in [0.25, 0.3) is 0 Å². The molecule has 10 heteroatoms. The molecule has 0 spiro atoms. The third kappa shape index (κ3) is 4.13. The first kappa shape index (κ1) is 21.3. The molecule has 0 radical (unpaired) electrons. The number of halogens is 2. The number of methoxy groups -OCH3 is 2. The fourth-order valence-electron chi connectivity index (χ4n) is 3.63. The topological polar surface area (TPSA) is 96.8 Å². The average Bonchev–Trinajstić information content (AvgIpc) is 3.23. The van der Waals surface area contributed by atoms with Crippen molar-refractivity contribution in [3.05, 3.63) is 40.5 Å². The van der Waals surface area contributed by atoms with Gasteiger partial charge in [0.05, 0.1) is 29.8 Å². The summed E-state index contributed by atoms with van der Waals surface area (Å²) >= 11 is 13.1. The van der Waals surface area contributed by atoms with Gasteiger partial charge in [-0.2, -0.15) is 0 Å². The van der Waals surface area contributed by atoms with Crippen molar-refractivity contribution in [1.82, 2.24) is 14.9 Å². The van der Waals surface area contributed by atoms with Gasteiger partial charge < -0.3 is 24.8 Å². The van der Waals surface area contributed by atoms with E-state index in [9.17, 15) is 4.79 Å². The number of anilines is 1. The molecule has 0 unspecified atom stereocenters. The van der Waals surface area contributed by atoms with Gasteiger partial charge in [-0.3, -0.25) is 0 Å². The minimum atomic E-state index is -0.914. The van der Waals surface area contributed by atoms with Crippen molar-refractivity contribution >= 4 is 46.1 Å². The highest BCUT2D eigenvalue weighted by molar-refractivity contribution is 6.41. The molecule has 0 saturated carbocycles. The number of hydrogen-bond acceptors (Lipinski definition) is 6. The number of likely N-dealkylation sites (tertiary alicyclic amines) is 1. The van der Waals surface area contributed by atoms with Gasteiger partial charge in [0.1, 0.15) is 11.5 Å². The van der Waals surface area contributed by atoms with Gasteiger partial charge in [-0.05, 0) is 24.1 Å². The van der Waals surface area contributed by atoms with Gasteiger partial charge in [-0.15, -0.1) is 0 Å². The Labute approximate surface area is 188 Å². The number of amides is 1. The van der Waals surface area contributed by atoms with E-state index in [1.165, 1.54) is 19.1 Å². The molecule has 2 aromatic carbocycles. The number of ether oxygens (including phenoxy) is 2. The molecule has 2 heterocycles. The van der Waals surface area contributed by atoms with E-state index in [-0.39, 0.29) is 6.04 Å². The van der Waals surface area contributed by atoms with Crippen LogP contribution in [0.4, 0.5) is 10.7 Å². The highest BCUT2D eigenvalue weighted by Gasteiger charge is 2.26. The predicted molar refractivity (Wildman–Crippen MR) is 120 cm³/mol. The molecular formula is C21H20Cl2N4O4. The van der Waals surface area contributed by atoms with Crippen molar-refractivity contribution in [1.29, 1.82) is 0 Å². The zero-order chi connectivity index (χ0) is 22.1. The van der Waals surface area contributed by atoms with Crippen molar-refractivity contribution in [2.45, 2.75) is 12.5 Å². The third-order valence-electron chi connectivity index (χ3n) is 5.23. The van der Waals surface area contributed by atoms with Crippen LogP contribution >= 0.6 is 23.2 Å². The monoisotopic (exact) mass is 462 g/mol. The molecule has 2 N–H and O–H groups in total. The van der Waals surface area contributed by atoms with Crippen LogP contribution in [0.15, 0.2) is 30.5 Å². The van der Waals surface area contributed by atoms with Crippen molar-refractivity contribution in [3.8, 4) is 22.6 Å². The van der Waals surface area contributed by atoms with E-state index >= 15 is 0 Å². The van der Waals surface area contributed by atoms with E-state index in [0.717, 1.165) is 16.5 Å². The molecule has 1 amide bonds. The Morgan fingerprint density at radius 2 is 1.90 bits per heavy atom. The van der Waals surface area contributed by atoms with Crippen LogP contribution in [0.2, 0.25) is 10.0 Å². The molecule has 4 rings (SSSR count). The molecule has 3 aromatic rings. The van der Waals surface area contributed by atoms with Crippen LogP contribution in [0.3, 0.4) is 0 Å². The Bertz CT molecular complexity index is 1130. The summed E-state index contributed by atoms with van der Waals surface area (Å²) in [5.74, 6) is 1.37. The number of carboxylic acid groups (broad SMARTS) is 1. The summed E-state index contributed by atoms with van der Waals surface area (Å²) in [6.07, 6.45) is 1.50. The zero-order valence-corrected chi connectivity index (χ0v) is 18.4. The molecule has 1 fully saturated rings. The van der Waals surface area contributed by atoms with Crippen LogP contribution in [0.5, 0.6) is 11.5 Å². The van der Waals surface area contributed by atoms with Crippen LogP contribution < -0.4 is 14.8 Å². The lowest BCUT2D eigenvalue weighted by atomic mass is 10.0. The number of benzene rings is 2. The van der Waals surface area contributed by atoms with Crippen molar-refractivity contribution in [2.24, 2.45) is 0 Å². The standard InChI is InChI=1S/C21H20Cl2N4O4/c1-30-15-8-16(31-2)19(23)17(18(15)22)11-3-4-14-12(7-11)9-24-20(26-14)25-13-5-6-27(10-13)21(28)29/h3-4,7-9,13H,5-6,10H2,1-2H3,(H,28,29)(H,24,25,26)/t13-/m1/s1. The lowest BCUT2D eigenvalue weighted by Gasteiger charge is -2.16. The number of nitrogens with one attached hydrogen (secondary N) is 1. The first-order valence-corrected chi connectivity index (χ1v) is 10.3. The molecule has 162 valence electrons. The van der Waals surface area contributed by atoms with Gasteiger partial charge in [-0.1, -0.05) is 29.3 Å². The van der Waals surface area contributed by atoms with Gasteiger partial charge >= 0.3 is 6.09 Å². The molecule has 0 bridgehead atoms. The SMILES string of the molecule is COc1cc(OC)c(Cl)c(-c2ccc3nc(N[C@@H]4CCN(C(=O)O)C4)ncc3c2)c1Cl. The highest BCUT2D eigenvalue weighted by atomic mass is 35.5. The zero-order valence-electron chi connectivity index (χ0n) is 16.9. The van der Waals surface area contributed by atoms with Crippen LogP contribution in [0, 0.1) is 0 Å². The van der Waals surface area contributed by atoms with E-state index in [1.807, 2.05) is 18.2 Å². The van der Waals surface area contributed by atoms with Crippen molar-refractivity contribution in [2.75, 3.05) is 32.6 Å². The Hall–Kier alpha value is -2.97. The van der Waals surface area contributed by atoms with Crippen molar-refractivity contribution in [3.63, 3.8) is 0 Å². The first-order chi connectivity index (χ1) is 14.9. The number of fused-ring (bicyclic) bond motifs is 1. The Morgan fingerprint density at radius 1 is 1.19 bits per heavy atom. The molecule has 0 aliphatic carbocycles. The van der Waals surface area contributed by atoms with E-state index in [0.29, 0.717) is 52.6 Å². The van der Waals surface area contributed by atoms with Crippen LogP contribution in [-0.4, -0.2) is 59.4 Å². The van der Waals surface area contributed by atoms with Gasteiger partial charge in [0, 0.05) is 42.3 Å². The van der Waals surface area contributed by atoms with Crippen LogP contribution in [-0.2, 0) is 0 Å². The maximum atomic E-state index is 11.1. The summed E-state index contributed by atoms with van der Waals surface area (Å²) in [6, 6.07) is 7.24. The Balaban J connectivity index is 1.65. The second-order valence-corrected chi connectivity index (χ2v) is 7.87. The molecular weight excluding hydrogens is 443 g/mol. The number of aromatic nitrogens is 2. The summed E-state index contributed by atoms with van der Waals surface area (Å²) in [6.45, 7) is 0.903. The van der Waals surface area contributed by atoms with Crippen molar-refractivity contribution < 1.29 is 19.4 Å². The fourth-order valence-corrected chi connectivity index (χ4v) is 4.35. The molecule has 1 aromatic heterocycles. The molecule has 1 saturated heterocycles. The number of carbonyl (C=O) groups is 1. The Kier molecular flexibility index (Phi) is 5.93. The fraction of sp³-hybridized carbons (Fsp3) is 0.286. The van der Waals surface area contributed by atoms with Crippen LogP contribution in [0.25, 0.3) is 22.0 Å². The van der Waals surface area contributed by atoms with Gasteiger partial charge in [0.2, 0.25) is 5.95 Å². The maximum Gasteiger partial charge on any atom is 0.407 e. The number of rotatable bonds is 5. The first-order valence-electron chi connectivity index (χ1n) is 9.52. The molecule has 1 aliphatic heterocycles. The lowest BCUT2D eigenvalue weighted by Crippen LogP contribution is -2.30.